The molecular formula is C14H15N3O. The molecule has 1 heterocycles. The first-order valence-corrected chi connectivity index (χ1v) is 6.24. The second-order valence-electron chi connectivity index (χ2n) is 5.29. The number of carbonyl (C=O) groups is 1. The fourth-order valence-electron chi connectivity index (χ4n) is 2.79. The van der Waals surface area contributed by atoms with Crippen molar-refractivity contribution in [3.63, 3.8) is 0 Å². The number of rotatable bonds is 2. The lowest BCUT2D eigenvalue weighted by atomic mass is 9.69. The van der Waals surface area contributed by atoms with Gasteiger partial charge in [0.25, 0.3) is 0 Å². The minimum absolute atomic E-state index is 0.0807. The first kappa shape index (κ1) is 11.1. The van der Waals surface area contributed by atoms with Crippen LogP contribution in [0.3, 0.4) is 0 Å². The van der Waals surface area contributed by atoms with Crippen molar-refractivity contribution in [2.24, 2.45) is 5.41 Å². The number of nitriles is 1. The van der Waals surface area contributed by atoms with Crippen LogP contribution in [0.15, 0.2) is 18.2 Å². The Kier molecular flexibility index (Phi) is 2.30. The van der Waals surface area contributed by atoms with E-state index in [9.17, 15) is 10.1 Å². The van der Waals surface area contributed by atoms with Gasteiger partial charge < -0.3 is 10.6 Å². The molecule has 2 N–H and O–H groups in total. The maximum Gasteiger partial charge on any atom is 0.231 e. The first-order valence-electron chi connectivity index (χ1n) is 6.24. The Hall–Kier alpha value is -2.02. The van der Waals surface area contributed by atoms with Crippen molar-refractivity contribution >= 4 is 17.3 Å². The maximum absolute atomic E-state index is 12.1. The van der Waals surface area contributed by atoms with E-state index in [1.807, 2.05) is 18.2 Å². The van der Waals surface area contributed by atoms with Crippen LogP contribution in [0, 0.1) is 16.7 Å². The van der Waals surface area contributed by atoms with Crippen molar-refractivity contribution in [1.29, 1.82) is 5.26 Å². The summed E-state index contributed by atoms with van der Waals surface area (Å²) >= 11 is 0. The average Bonchev–Trinajstić information content (AvgIpc) is 2.59. The SMILES string of the molecule is N#CC1(CN2C(=O)Cc3cc(N)ccc32)CCC1. The van der Waals surface area contributed by atoms with E-state index in [4.69, 9.17) is 5.73 Å². The zero-order valence-electron chi connectivity index (χ0n) is 10.1. The zero-order chi connectivity index (χ0) is 12.8. The molecular weight excluding hydrogens is 226 g/mol. The molecule has 0 aromatic heterocycles. The molecule has 0 unspecified atom stereocenters. The van der Waals surface area contributed by atoms with Gasteiger partial charge in [0, 0.05) is 17.9 Å². The van der Waals surface area contributed by atoms with E-state index in [2.05, 4.69) is 6.07 Å². The van der Waals surface area contributed by atoms with Gasteiger partial charge in [0.2, 0.25) is 5.91 Å². The van der Waals surface area contributed by atoms with Crippen molar-refractivity contribution in [3.05, 3.63) is 23.8 Å². The number of benzene rings is 1. The number of anilines is 2. The van der Waals surface area contributed by atoms with Gasteiger partial charge in [-0.3, -0.25) is 4.79 Å². The van der Waals surface area contributed by atoms with Crippen LogP contribution in [0.1, 0.15) is 24.8 Å². The van der Waals surface area contributed by atoms with Gasteiger partial charge in [-0.1, -0.05) is 6.42 Å². The molecule has 0 radical (unpaired) electrons. The summed E-state index contributed by atoms with van der Waals surface area (Å²) in [7, 11) is 0. The van der Waals surface area contributed by atoms with Crippen LogP contribution in [0.2, 0.25) is 0 Å². The van der Waals surface area contributed by atoms with Crippen LogP contribution in [-0.2, 0) is 11.2 Å². The summed E-state index contributed by atoms with van der Waals surface area (Å²) in [4.78, 5) is 13.8. The highest BCUT2D eigenvalue weighted by Gasteiger charge is 2.42. The molecule has 2 aliphatic rings. The molecule has 1 fully saturated rings. The monoisotopic (exact) mass is 241 g/mol. The second-order valence-corrected chi connectivity index (χ2v) is 5.29. The average molecular weight is 241 g/mol. The summed E-state index contributed by atoms with van der Waals surface area (Å²) in [6, 6.07) is 7.94. The third-order valence-electron chi connectivity index (χ3n) is 4.05. The number of amides is 1. The third kappa shape index (κ3) is 1.55. The van der Waals surface area contributed by atoms with E-state index in [1.165, 1.54) is 0 Å². The Bertz CT molecular complexity index is 555. The van der Waals surface area contributed by atoms with Crippen LogP contribution in [-0.4, -0.2) is 12.5 Å². The van der Waals surface area contributed by atoms with Crippen LogP contribution in [0.5, 0.6) is 0 Å². The number of nitrogens with two attached hydrogens (primary N) is 1. The Morgan fingerprint density at radius 1 is 1.44 bits per heavy atom. The van der Waals surface area contributed by atoms with Gasteiger partial charge in [-0.25, -0.2) is 0 Å². The maximum atomic E-state index is 12.1. The lowest BCUT2D eigenvalue weighted by Gasteiger charge is -2.38. The third-order valence-corrected chi connectivity index (χ3v) is 4.05. The van der Waals surface area contributed by atoms with Gasteiger partial charge in [0.1, 0.15) is 0 Å². The molecule has 0 saturated heterocycles. The molecule has 1 aliphatic carbocycles. The number of hydrogen-bond acceptors (Lipinski definition) is 3. The molecule has 18 heavy (non-hydrogen) atoms. The van der Waals surface area contributed by atoms with E-state index < -0.39 is 0 Å². The van der Waals surface area contributed by atoms with E-state index in [0.717, 1.165) is 30.5 Å². The quantitative estimate of drug-likeness (QED) is 0.803. The molecule has 1 aromatic rings. The summed E-state index contributed by atoms with van der Waals surface area (Å²) in [5.74, 6) is 0.0807. The number of nitrogen functional groups attached to an aromatic ring is 1. The lowest BCUT2D eigenvalue weighted by Crippen LogP contribution is -2.42. The highest BCUT2D eigenvalue weighted by Crippen LogP contribution is 2.43. The molecule has 0 spiro atoms. The molecule has 1 aliphatic heterocycles. The van der Waals surface area contributed by atoms with Crippen molar-refractivity contribution < 1.29 is 4.79 Å². The fourth-order valence-corrected chi connectivity index (χ4v) is 2.79. The lowest BCUT2D eigenvalue weighted by molar-refractivity contribution is -0.117. The molecule has 4 nitrogen and oxygen atoms in total. The van der Waals surface area contributed by atoms with E-state index >= 15 is 0 Å². The van der Waals surface area contributed by atoms with E-state index in [-0.39, 0.29) is 11.3 Å². The van der Waals surface area contributed by atoms with Crippen molar-refractivity contribution in [1.82, 2.24) is 0 Å². The fraction of sp³-hybridized carbons (Fsp3) is 0.429. The van der Waals surface area contributed by atoms with Gasteiger partial charge in [-0.15, -0.1) is 0 Å². The zero-order valence-corrected chi connectivity index (χ0v) is 10.1. The minimum atomic E-state index is -0.321. The Labute approximate surface area is 106 Å². The molecule has 0 bridgehead atoms. The number of hydrogen-bond donors (Lipinski definition) is 1. The molecule has 1 aromatic carbocycles. The Morgan fingerprint density at radius 3 is 2.83 bits per heavy atom. The van der Waals surface area contributed by atoms with Crippen LogP contribution >= 0.6 is 0 Å². The predicted molar refractivity (Wildman–Crippen MR) is 68.8 cm³/mol. The van der Waals surface area contributed by atoms with Crippen LogP contribution in [0.25, 0.3) is 0 Å². The van der Waals surface area contributed by atoms with Crippen LogP contribution in [0.4, 0.5) is 11.4 Å². The summed E-state index contributed by atoms with van der Waals surface area (Å²) in [5, 5.41) is 9.27. The Morgan fingerprint density at radius 2 is 2.22 bits per heavy atom. The number of carbonyl (C=O) groups excluding carboxylic acids is 1. The van der Waals surface area contributed by atoms with Gasteiger partial charge >= 0.3 is 0 Å². The largest absolute Gasteiger partial charge is 0.399 e. The van der Waals surface area contributed by atoms with Crippen molar-refractivity contribution in [2.45, 2.75) is 25.7 Å². The van der Waals surface area contributed by atoms with Gasteiger partial charge in [-0.05, 0) is 36.6 Å². The van der Waals surface area contributed by atoms with Gasteiger partial charge in [0.05, 0.1) is 17.9 Å². The highest BCUT2D eigenvalue weighted by molar-refractivity contribution is 6.01. The van der Waals surface area contributed by atoms with E-state index in [0.29, 0.717) is 18.7 Å². The molecule has 92 valence electrons. The molecule has 0 atom stereocenters. The van der Waals surface area contributed by atoms with Gasteiger partial charge in [-0.2, -0.15) is 5.26 Å². The van der Waals surface area contributed by atoms with Crippen LogP contribution < -0.4 is 10.6 Å². The molecule has 4 heteroatoms. The molecule has 3 rings (SSSR count). The summed E-state index contributed by atoms with van der Waals surface area (Å²) < 4.78 is 0. The smallest absolute Gasteiger partial charge is 0.231 e. The number of nitrogens with zero attached hydrogens (tertiary/aromatic N) is 2. The predicted octanol–water partition coefficient (Wildman–Crippen LogP) is 1.85. The second kappa shape index (κ2) is 3.74. The van der Waals surface area contributed by atoms with E-state index in [1.54, 1.807) is 4.90 Å². The van der Waals surface area contributed by atoms with Crippen molar-refractivity contribution in [3.8, 4) is 6.07 Å². The standard InChI is InChI=1S/C14H15N3O/c15-8-14(4-1-5-14)9-17-12-3-2-11(16)6-10(12)7-13(17)18/h2-3,6H,1,4-5,7,9,16H2. The highest BCUT2D eigenvalue weighted by atomic mass is 16.2. The topological polar surface area (TPSA) is 70.1 Å². The van der Waals surface area contributed by atoms with Crippen molar-refractivity contribution in [2.75, 3.05) is 17.2 Å². The molecule has 1 amide bonds. The first-order chi connectivity index (χ1) is 8.63. The van der Waals surface area contributed by atoms with Gasteiger partial charge in [0.15, 0.2) is 0 Å². The summed E-state index contributed by atoms with van der Waals surface area (Å²) in [6.07, 6.45) is 3.29. The number of fused-ring (bicyclic) bond motifs is 1. The summed E-state index contributed by atoms with van der Waals surface area (Å²) in [6.45, 7) is 0.527. The molecule has 1 saturated carbocycles. The Balaban J connectivity index is 1.90. The summed E-state index contributed by atoms with van der Waals surface area (Å²) in [5.41, 5.74) is 8.00. The normalized spacial score (nSPS) is 20.2. The minimum Gasteiger partial charge on any atom is -0.399 e.